The SMILES string of the molecule is COCc1cc(NN)nc(C2CCOC2)n1. The predicted molar refractivity (Wildman–Crippen MR) is 58.7 cm³/mol. The first-order chi connectivity index (χ1) is 7.83. The van der Waals surface area contributed by atoms with Crippen LogP contribution in [0, 0.1) is 0 Å². The highest BCUT2D eigenvalue weighted by Gasteiger charge is 2.21. The fraction of sp³-hybridized carbons (Fsp3) is 0.600. The maximum absolute atomic E-state index is 5.37. The van der Waals surface area contributed by atoms with Crippen molar-refractivity contribution in [3.05, 3.63) is 17.6 Å². The van der Waals surface area contributed by atoms with Gasteiger partial charge in [0.1, 0.15) is 11.6 Å². The first-order valence-electron chi connectivity index (χ1n) is 5.24. The zero-order chi connectivity index (χ0) is 11.4. The zero-order valence-electron chi connectivity index (χ0n) is 9.27. The molecule has 0 spiro atoms. The Morgan fingerprint density at radius 1 is 1.62 bits per heavy atom. The van der Waals surface area contributed by atoms with Crippen LogP contribution in [0.2, 0.25) is 0 Å². The largest absolute Gasteiger partial charge is 0.381 e. The minimum absolute atomic E-state index is 0.268. The Morgan fingerprint density at radius 2 is 2.50 bits per heavy atom. The lowest BCUT2D eigenvalue weighted by Gasteiger charge is -2.10. The quantitative estimate of drug-likeness (QED) is 0.569. The van der Waals surface area contributed by atoms with E-state index in [2.05, 4.69) is 15.4 Å². The topological polar surface area (TPSA) is 82.3 Å². The number of nitrogen functional groups attached to an aromatic ring is 1. The van der Waals surface area contributed by atoms with Gasteiger partial charge in [-0.15, -0.1) is 0 Å². The molecule has 0 bridgehead atoms. The number of hydrogen-bond donors (Lipinski definition) is 2. The van der Waals surface area contributed by atoms with Crippen LogP contribution in [0.15, 0.2) is 6.07 Å². The highest BCUT2D eigenvalue weighted by Crippen LogP contribution is 2.23. The van der Waals surface area contributed by atoms with E-state index >= 15 is 0 Å². The Balaban J connectivity index is 2.24. The second-order valence-electron chi connectivity index (χ2n) is 3.74. The van der Waals surface area contributed by atoms with Gasteiger partial charge in [-0.05, 0) is 6.42 Å². The van der Waals surface area contributed by atoms with Crippen molar-refractivity contribution in [2.45, 2.75) is 18.9 Å². The summed E-state index contributed by atoms with van der Waals surface area (Å²) in [6, 6.07) is 1.78. The monoisotopic (exact) mass is 224 g/mol. The van der Waals surface area contributed by atoms with Crippen molar-refractivity contribution in [1.82, 2.24) is 9.97 Å². The molecule has 1 aromatic rings. The summed E-state index contributed by atoms with van der Waals surface area (Å²) in [5.74, 6) is 7.03. The lowest BCUT2D eigenvalue weighted by atomic mass is 10.1. The van der Waals surface area contributed by atoms with Crippen molar-refractivity contribution >= 4 is 5.82 Å². The van der Waals surface area contributed by atoms with Crippen molar-refractivity contribution < 1.29 is 9.47 Å². The van der Waals surface area contributed by atoms with Crippen molar-refractivity contribution in [1.29, 1.82) is 0 Å². The maximum Gasteiger partial charge on any atom is 0.144 e. The van der Waals surface area contributed by atoms with E-state index in [0.29, 0.717) is 19.0 Å². The van der Waals surface area contributed by atoms with Gasteiger partial charge in [0.2, 0.25) is 0 Å². The summed E-state index contributed by atoms with van der Waals surface area (Å²) < 4.78 is 10.4. The van der Waals surface area contributed by atoms with Crippen LogP contribution in [0.4, 0.5) is 5.82 Å². The Bertz CT molecular complexity index is 353. The third kappa shape index (κ3) is 2.46. The summed E-state index contributed by atoms with van der Waals surface area (Å²) in [6.07, 6.45) is 0.959. The third-order valence-electron chi connectivity index (χ3n) is 2.53. The van der Waals surface area contributed by atoms with Gasteiger partial charge in [0, 0.05) is 25.7 Å². The van der Waals surface area contributed by atoms with E-state index in [4.69, 9.17) is 15.3 Å². The average Bonchev–Trinajstić information content (AvgIpc) is 2.82. The highest BCUT2D eigenvalue weighted by atomic mass is 16.5. The van der Waals surface area contributed by atoms with E-state index in [1.165, 1.54) is 0 Å². The average molecular weight is 224 g/mol. The van der Waals surface area contributed by atoms with Gasteiger partial charge in [0.05, 0.1) is 18.9 Å². The van der Waals surface area contributed by atoms with Gasteiger partial charge >= 0.3 is 0 Å². The Hall–Kier alpha value is -1.24. The zero-order valence-corrected chi connectivity index (χ0v) is 9.27. The van der Waals surface area contributed by atoms with Crippen LogP contribution in [-0.4, -0.2) is 30.3 Å². The number of hydrogen-bond acceptors (Lipinski definition) is 6. The van der Waals surface area contributed by atoms with Crippen LogP contribution in [0.5, 0.6) is 0 Å². The van der Waals surface area contributed by atoms with Crippen molar-refractivity contribution in [2.75, 3.05) is 25.7 Å². The van der Waals surface area contributed by atoms with Crippen molar-refractivity contribution in [3.63, 3.8) is 0 Å². The number of nitrogens with one attached hydrogen (secondary N) is 1. The van der Waals surface area contributed by atoms with Gasteiger partial charge < -0.3 is 14.9 Å². The molecule has 16 heavy (non-hydrogen) atoms. The summed E-state index contributed by atoms with van der Waals surface area (Å²) in [6.45, 7) is 1.91. The molecule has 2 heterocycles. The van der Waals surface area contributed by atoms with Gasteiger partial charge in [-0.3, -0.25) is 0 Å². The molecule has 6 nitrogen and oxygen atoms in total. The minimum Gasteiger partial charge on any atom is -0.381 e. The molecule has 3 N–H and O–H groups in total. The summed E-state index contributed by atoms with van der Waals surface area (Å²) in [5.41, 5.74) is 3.37. The summed E-state index contributed by atoms with van der Waals surface area (Å²) in [5, 5.41) is 0. The number of anilines is 1. The molecule has 0 aliphatic carbocycles. The normalized spacial score (nSPS) is 20.0. The van der Waals surface area contributed by atoms with Crippen LogP contribution >= 0.6 is 0 Å². The molecule has 0 radical (unpaired) electrons. The fourth-order valence-corrected chi connectivity index (χ4v) is 1.73. The van der Waals surface area contributed by atoms with Crippen LogP contribution < -0.4 is 11.3 Å². The van der Waals surface area contributed by atoms with Gasteiger partial charge in [-0.2, -0.15) is 0 Å². The molecule has 0 saturated carbocycles. The van der Waals surface area contributed by atoms with Gasteiger partial charge in [0.25, 0.3) is 0 Å². The Labute approximate surface area is 94.1 Å². The van der Waals surface area contributed by atoms with E-state index in [1.54, 1.807) is 13.2 Å². The third-order valence-corrected chi connectivity index (χ3v) is 2.53. The Morgan fingerprint density at radius 3 is 3.12 bits per heavy atom. The number of nitrogens with two attached hydrogens (primary N) is 1. The van der Waals surface area contributed by atoms with E-state index in [1.807, 2.05) is 0 Å². The van der Waals surface area contributed by atoms with Crippen molar-refractivity contribution in [2.24, 2.45) is 5.84 Å². The lowest BCUT2D eigenvalue weighted by Crippen LogP contribution is -2.14. The smallest absolute Gasteiger partial charge is 0.144 e. The van der Waals surface area contributed by atoms with Crippen LogP contribution in [-0.2, 0) is 16.1 Å². The molecular weight excluding hydrogens is 208 g/mol. The molecule has 0 amide bonds. The van der Waals surface area contributed by atoms with Gasteiger partial charge in [-0.1, -0.05) is 0 Å². The summed E-state index contributed by atoms with van der Waals surface area (Å²) in [7, 11) is 1.63. The second-order valence-corrected chi connectivity index (χ2v) is 3.74. The molecule has 1 saturated heterocycles. The van der Waals surface area contributed by atoms with Gasteiger partial charge in [-0.25, -0.2) is 15.8 Å². The van der Waals surface area contributed by atoms with E-state index < -0.39 is 0 Å². The molecular formula is C10H16N4O2. The molecule has 88 valence electrons. The number of ether oxygens (including phenoxy) is 2. The van der Waals surface area contributed by atoms with Crippen molar-refractivity contribution in [3.8, 4) is 0 Å². The lowest BCUT2D eigenvalue weighted by molar-refractivity contribution is 0.180. The molecule has 1 aliphatic rings. The second kappa shape index (κ2) is 5.20. The fourth-order valence-electron chi connectivity index (χ4n) is 1.73. The standard InChI is InChI=1S/C10H16N4O2/c1-15-6-8-4-9(14-11)13-10(12-8)7-2-3-16-5-7/h4,7H,2-3,5-6,11H2,1H3,(H,12,13,14). The summed E-state index contributed by atoms with van der Waals surface area (Å²) in [4.78, 5) is 8.77. The maximum atomic E-state index is 5.37. The highest BCUT2D eigenvalue weighted by molar-refractivity contribution is 5.34. The molecule has 1 unspecified atom stereocenters. The first kappa shape index (κ1) is 11.3. The summed E-state index contributed by atoms with van der Waals surface area (Å²) >= 11 is 0. The van der Waals surface area contributed by atoms with Gasteiger partial charge in [0.15, 0.2) is 0 Å². The van der Waals surface area contributed by atoms with Crippen LogP contribution in [0.1, 0.15) is 23.9 Å². The molecule has 1 fully saturated rings. The molecule has 0 aromatic carbocycles. The van der Waals surface area contributed by atoms with E-state index in [9.17, 15) is 0 Å². The molecule has 1 atom stereocenters. The molecule has 1 aromatic heterocycles. The minimum atomic E-state index is 0.268. The number of methoxy groups -OCH3 is 1. The first-order valence-corrected chi connectivity index (χ1v) is 5.24. The number of rotatable bonds is 4. The molecule has 1 aliphatic heterocycles. The Kier molecular flexibility index (Phi) is 3.66. The number of aromatic nitrogens is 2. The number of hydrazine groups is 1. The number of nitrogens with zero attached hydrogens (tertiary/aromatic N) is 2. The van der Waals surface area contributed by atoms with E-state index in [0.717, 1.165) is 24.5 Å². The van der Waals surface area contributed by atoms with Crippen LogP contribution in [0.25, 0.3) is 0 Å². The van der Waals surface area contributed by atoms with E-state index in [-0.39, 0.29) is 5.92 Å². The molecule has 2 rings (SSSR count). The predicted octanol–water partition coefficient (Wildman–Crippen LogP) is 0.412. The van der Waals surface area contributed by atoms with Crippen LogP contribution in [0.3, 0.4) is 0 Å². The molecule has 6 heteroatoms.